The van der Waals surface area contributed by atoms with Crippen molar-refractivity contribution < 1.29 is 9.47 Å². The van der Waals surface area contributed by atoms with Crippen LogP contribution in [0.5, 0.6) is 5.75 Å². The van der Waals surface area contributed by atoms with E-state index in [2.05, 4.69) is 0 Å². The van der Waals surface area contributed by atoms with Crippen LogP contribution in [0, 0.1) is 5.92 Å². The minimum Gasteiger partial charge on any atom is -0.467 e. The molecule has 1 saturated carbocycles. The highest BCUT2D eigenvalue weighted by molar-refractivity contribution is 6.30. The summed E-state index contributed by atoms with van der Waals surface area (Å²) in [6.45, 7) is 2.97. The van der Waals surface area contributed by atoms with Crippen LogP contribution in [0.25, 0.3) is 0 Å². The van der Waals surface area contributed by atoms with Crippen LogP contribution in [-0.2, 0) is 4.74 Å². The Morgan fingerprint density at radius 1 is 1.47 bits per heavy atom. The number of halogens is 1. The first-order valence-corrected chi connectivity index (χ1v) is 6.30. The fourth-order valence-electron chi connectivity index (χ4n) is 1.61. The lowest BCUT2D eigenvalue weighted by molar-refractivity contribution is 0.00934. The van der Waals surface area contributed by atoms with Crippen molar-refractivity contribution in [3.8, 4) is 5.75 Å². The quantitative estimate of drug-likeness (QED) is 0.627. The van der Waals surface area contributed by atoms with Crippen molar-refractivity contribution >= 4 is 11.6 Å². The average Bonchev–Trinajstić information content (AvgIpc) is 3.09. The number of hydrogen-bond acceptors (Lipinski definition) is 3. The molecule has 1 aromatic rings. The summed E-state index contributed by atoms with van der Waals surface area (Å²) < 4.78 is 11.0. The van der Waals surface area contributed by atoms with E-state index in [4.69, 9.17) is 26.8 Å². The van der Waals surface area contributed by atoms with Crippen molar-refractivity contribution in [1.29, 1.82) is 0 Å². The van der Waals surface area contributed by atoms with Gasteiger partial charge in [-0.25, -0.2) is 0 Å². The van der Waals surface area contributed by atoms with Crippen molar-refractivity contribution in [3.05, 3.63) is 28.8 Å². The van der Waals surface area contributed by atoms with E-state index in [1.165, 1.54) is 12.8 Å². The largest absolute Gasteiger partial charge is 0.467 e. The van der Waals surface area contributed by atoms with Gasteiger partial charge < -0.3 is 15.2 Å². The van der Waals surface area contributed by atoms with Gasteiger partial charge >= 0.3 is 0 Å². The number of hydrogen-bond donors (Lipinski definition) is 1. The molecule has 1 atom stereocenters. The second-order valence-corrected chi connectivity index (χ2v) is 4.98. The Balaban J connectivity index is 1.89. The molecule has 0 radical (unpaired) electrons. The molecule has 1 aromatic carbocycles. The number of rotatable bonds is 6. The molecule has 3 nitrogen and oxygen atoms in total. The summed E-state index contributed by atoms with van der Waals surface area (Å²) in [4.78, 5) is 0. The van der Waals surface area contributed by atoms with E-state index in [9.17, 15) is 0 Å². The lowest BCUT2D eigenvalue weighted by Gasteiger charge is -2.14. The maximum Gasteiger partial charge on any atom is 0.189 e. The van der Waals surface area contributed by atoms with E-state index in [0.717, 1.165) is 23.8 Å². The molecule has 0 unspecified atom stereocenters. The highest BCUT2D eigenvalue weighted by Gasteiger charge is 2.21. The summed E-state index contributed by atoms with van der Waals surface area (Å²) in [5.74, 6) is 1.50. The van der Waals surface area contributed by atoms with Gasteiger partial charge in [-0.2, -0.15) is 0 Å². The van der Waals surface area contributed by atoms with Crippen molar-refractivity contribution in [2.24, 2.45) is 11.7 Å². The van der Waals surface area contributed by atoms with E-state index >= 15 is 0 Å². The van der Waals surface area contributed by atoms with Crippen LogP contribution in [0.2, 0.25) is 5.02 Å². The highest BCUT2D eigenvalue weighted by atomic mass is 35.5. The Morgan fingerprint density at radius 2 is 2.24 bits per heavy atom. The monoisotopic (exact) mass is 255 g/mol. The standard InChI is InChI=1S/C13H18ClNO2/c1-9(15)12-6-11(14)4-5-13(12)17-8-16-7-10-2-3-10/h4-6,9-10H,2-3,7-8,15H2,1H3/t9-/m0/s1. The molecule has 0 spiro atoms. The number of ether oxygens (including phenoxy) is 2. The van der Waals surface area contributed by atoms with Gasteiger partial charge in [-0.05, 0) is 43.9 Å². The number of nitrogens with two attached hydrogens (primary N) is 1. The molecule has 17 heavy (non-hydrogen) atoms. The SMILES string of the molecule is C[C@H](N)c1cc(Cl)ccc1OCOCC1CC1. The molecule has 0 saturated heterocycles. The summed E-state index contributed by atoms with van der Waals surface area (Å²) in [6, 6.07) is 5.36. The van der Waals surface area contributed by atoms with Crippen molar-refractivity contribution in [1.82, 2.24) is 0 Å². The molecule has 94 valence electrons. The van der Waals surface area contributed by atoms with Crippen LogP contribution < -0.4 is 10.5 Å². The zero-order valence-corrected chi connectivity index (χ0v) is 10.7. The minimum absolute atomic E-state index is 0.105. The zero-order valence-electron chi connectivity index (χ0n) is 9.99. The lowest BCUT2D eigenvalue weighted by atomic mass is 10.1. The lowest BCUT2D eigenvalue weighted by Crippen LogP contribution is -2.10. The Hall–Kier alpha value is -0.770. The second-order valence-electron chi connectivity index (χ2n) is 4.55. The number of benzene rings is 1. The highest BCUT2D eigenvalue weighted by Crippen LogP contribution is 2.29. The van der Waals surface area contributed by atoms with Gasteiger partial charge in [-0.15, -0.1) is 0 Å². The van der Waals surface area contributed by atoms with Crippen molar-refractivity contribution in [3.63, 3.8) is 0 Å². The Bertz CT molecular complexity index is 378. The molecule has 4 heteroatoms. The Kier molecular flexibility index (Phi) is 4.26. The predicted molar refractivity (Wildman–Crippen MR) is 68.2 cm³/mol. The van der Waals surface area contributed by atoms with E-state index in [-0.39, 0.29) is 12.8 Å². The third-order valence-corrected chi connectivity index (χ3v) is 3.05. The van der Waals surface area contributed by atoms with Gasteiger partial charge in [0.05, 0.1) is 6.61 Å². The van der Waals surface area contributed by atoms with Crippen LogP contribution >= 0.6 is 11.6 Å². The van der Waals surface area contributed by atoms with Crippen LogP contribution in [0.15, 0.2) is 18.2 Å². The normalized spacial score (nSPS) is 16.9. The van der Waals surface area contributed by atoms with Gasteiger partial charge in [0, 0.05) is 16.6 Å². The molecule has 0 aromatic heterocycles. The molecule has 1 aliphatic rings. The van der Waals surface area contributed by atoms with Crippen LogP contribution in [0.3, 0.4) is 0 Å². The van der Waals surface area contributed by atoms with E-state index in [1.807, 2.05) is 19.1 Å². The van der Waals surface area contributed by atoms with E-state index < -0.39 is 0 Å². The molecule has 2 N–H and O–H groups in total. The minimum atomic E-state index is -0.105. The fourth-order valence-corrected chi connectivity index (χ4v) is 1.79. The van der Waals surface area contributed by atoms with E-state index in [0.29, 0.717) is 5.02 Å². The predicted octanol–water partition coefficient (Wildman–Crippen LogP) is 3.12. The molecule has 0 aliphatic heterocycles. The first-order valence-electron chi connectivity index (χ1n) is 5.92. The molecular weight excluding hydrogens is 238 g/mol. The Morgan fingerprint density at radius 3 is 2.88 bits per heavy atom. The average molecular weight is 256 g/mol. The maximum absolute atomic E-state index is 5.93. The van der Waals surface area contributed by atoms with Gasteiger partial charge in [-0.1, -0.05) is 11.6 Å². The summed E-state index contributed by atoms with van der Waals surface area (Å²) in [6.07, 6.45) is 2.57. The van der Waals surface area contributed by atoms with E-state index in [1.54, 1.807) is 6.07 Å². The molecule has 0 amide bonds. The third-order valence-electron chi connectivity index (χ3n) is 2.81. The van der Waals surface area contributed by atoms with Gasteiger partial charge in [0.25, 0.3) is 0 Å². The van der Waals surface area contributed by atoms with Crippen molar-refractivity contribution in [2.75, 3.05) is 13.4 Å². The van der Waals surface area contributed by atoms with Crippen LogP contribution in [0.1, 0.15) is 31.4 Å². The molecule has 1 fully saturated rings. The molecular formula is C13H18ClNO2. The molecule has 0 bridgehead atoms. The first kappa shape index (κ1) is 12.7. The zero-order chi connectivity index (χ0) is 12.3. The molecule has 2 rings (SSSR count). The van der Waals surface area contributed by atoms with Gasteiger partial charge in [0.15, 0.2) is 6.79 Å². The molecule has 1 aliphatic carbocycles. The summed E-state index contributed by atoms with van der Waals surface area (Å²) in [5.41, 5.74) is 6.78. The van der Waals surface area contributed by atoms with Gasteiger partial charge in [0.1, 0.15) is 5.75 Å². The topological polar surface area (TPSA) is 44.5 Å². The van der Waals surface area contributed by atoms with Crippen LogP contribution in [-0.4, -0.2) is 13.4 Å². The fraction of sp³-hybridized carbons (Fsp3) is 0.538. The Labute approximate surface area is 107 Å². The maximum atomic E-state index is 5.93. The van der Waals surface area contributed by atoms with Gasteiger partial charge in [-0.3, -0.25) is 0 Å². The smallest absolute Gasteiger partial charge is 0.189 e. The molecule has 0 heterocycles. The van der Waals surface area contributed by atoms with Crippen LogP contribution in [0.4, 0.5) is 0 Å². The summed E-state index contributed by atoms with van der Waals surface area (Å²) in [7, 11) is 0. The third kappa shape index (κ3) is 3.87. The first-order chi connectivity index (χ1) is 8.16. The summed E-state index contributed by atoms with van der Waals surface area (Å²) in [5, 5.41) is 0.670. The van der Waals surface area contributed by atoms with Crippen molar-refractivity contribution in [2.45, 2.75) is 25.8 Å². The second kappa shape index (κ2) is 5.71. The van der Waals surface area contributed by atoms with Gasteiger partial charge in [0.2, 0.25) is 0 Å². The summed E-state index contributed by atoms with van der Waals surface area (Å²) >= 11 is 5.93.